The van der Waals surface area contributed by atoms with Gasteiger partial charge in [-0.1, -0.05) is 26.2 Å². The first-order chi connectivity index (χ1) is 9.53. The van der Waals surface area contributed by atoms with Crippen LogP contribution >= 0.6 is 0 Å². The summed E-state index contributed by atoms with van der Waals surface area (Å²) < 4.78 is 25.6. The zero-order valence-corrected chi connectivity index (χ0v) is 13.0. The van der Waals surface area contributed by atoms with Gasteiger partial charge in [-0.3, -0.25) is 0 Å². The predicted octanol–water partition coefficient (Wildman–Crippen LogP) is 2.83. The molecule has 112 valence electrons. The molecule has 20 heavy (non-hydrogen) atoms. The van der Waals surface area contributed by atoms with Crippen molar-refractivity contribution >= 4 is 15.7 Å². The molecule has 0 amide bonds. The number of nitrogens with one attached hydrogen (secondary N) is 2. The Hall–Kier alpha value is -1.07. The number of anilines is 1. The fraction of sp³-hybridized carbons (Fsp3) is 0.600. The molecule has 1 aromatic rings. The molecule has 1 fully saturated rings. The van der Waals surface area contributed by atoms with Crippen LogP contribution in [0.4, 0.5) is 5.69 Å². The van der Waals surface area contributed by atoms with Gasteiger partial charge in [0.05, 0.1) is 4.90 Å². The molecular weight excluding hydrogens is 272 g/mol. The lowest BCUT2D eigenvalue weighted by Crippen LogP contribution is -2.24. The summed E-state index contributed by atoms with van der Waals surface area (Å²) in [5.41, 5.74) is 0.984. The maximum atomic E-state index is 11.6. The maximum Gasteiger partial charge on any atom is 0.240 e. The molecule has 2 N–H and O–H groups in total. The van der Waals surface area contributed by atoms with E-state index in [1.807, 2.05) is 12.1 Å². The van der Waals surface area contributed by atoms with Crippen LogP contribution in [0.15, 0.2) is 29.2 Å². The molecule has 0 heterocycles. The van der Waals surface area contributed by atoms with Crippen LogP contribution in [0, 0.1) is 11.8 Å². The quantitative estimate of drug-likeness (QED) is 0.878. The summed E-state index contributed by atoms with van der Waals surface area (Å²) in [5, 5.41) is 3.43. The van der Waals surface area contributed by atoms with Gasteiger partial charge in [0.1, 0.15) is 0 Å². The summed E-state index contributed by atoms with van der Waals surface area (Å²) in [6.45, 7) is 3.30. The van der Waals surface area contributed by atoms with Crippen LogP contribution in [0.5, 0.6) is 0 Å². The highest BCUT2D eigenvalue weighted by molar-refractivity contribution is 7.89. The Morgan fingerprint density at radius 1 is 1.15 bits per heavy atom. The van der Waals surface area contributed by atoms with Gasteiger partial charge in [0.15, 0.2) is 0 Å². The predicted molar refractivity (Wildman–Crippen MR) is 82.3 cm³/mol. The molecule has 0 aliphatic heterocycles. The number of benzene rings is 1. The van der Waals surface area contributed by atoms with Gasteiger partial charge in [-0.25, -0.2) is 13.1 Å². The summed E-state index contributed by atoms with van der Waals surface area (Å²) in [4.78, 5) is 0.302. The van der Waals surface area contributed by atoms with Crippen molar-refractivity contribution in [2.24, 2.45) is 11.8 Å². The van der Waals surface area contributed by atoms with E-state index >= 15 is 0 Å². The number of sulfonamides is 1. The highest BCUT2D eigenvalue weighted by Crippen LogP contribution is 2.29. The Bertz CT molecular complexity index is 525. The molecular formula is C15H24N2O2S. The number of rotatable bonds is 5. The lowest BCUT2D eigenvalue weighted by molar-refractivity contribution is 0.268. The standard InChI is InChI=1S/C15H24N2O2S/c1-12-5-3-4-6-13(12)11-17-14-7-9-15(10-8-14)20(18,19)16-2/h7-10,12-13,16-17H,3-6,11H2,1-2H3. The summed E-state index contributed by atoms with van der Waals surface area (Å²) >= 11 is 0. The van der Waals surface area contributed by atoms with E-state index < -0.39 is 10.0 Å². The Morgan fingerprint density at radius 3 is 2.40 bits per heavy atom. The monoisotopic (exact) mass is 296 g/mol. The van der Waals surface area contributed by atoms with Crippen LogP contribution in [0.1, 0.15) is 32.6 Å². The Balaban J connectivity index is 1.94. The molecule has 2 rings (SSSR count). The van der Waals surface area contributed by atoms with Crippen LogP contribution in [0.25, 0.3) is 0 Å². The summed E-state index contributed by atoms with van der Waals surface area (Å²) in [6.07, 6.45) is 5.30. The molecule has 5 heteroatoms. The molecule has 1 aliphatic carbocycles. The Labute approximate surface area is 122 Å². The highest BCUT2D eigenvalue weighted by Gasteiger charge is 2.20. The smallest absolute Gasteiger partial charge is 0.240 e. The van der Waals surface area contributed by atoms with E-state index in [0.717, 1.165) is 24.1 Å². The van der Waals surface area contributed by atoms with Gasteiger partial charge in [-0.05, 0) is 49.6 Å². The lowest BCUT2D eigenvalue weighted by atomic mass is 9.80. The van der Waals surface area contributed by atoms with Crippen molar-refractivity contribution < 1.29 is 8.42 Å². The second-order valence-electron chi connectivity index (χ2n) is 5.63. The molecule has 0 bridgehead atoms. The summed E-state index contributed by atoms with van der Waals surface area (Å²) in [7, 11) is -1.91. The first-order valence-corrected chi connectivity index (χ1v) is 8.79. The average Bonchev–Trinajstić information content (AvgIpc) is 2.47. The van der Waals surface area contributed by atoms with Gasteiger partial charge in [0.2, 0.25) is 10.0 Å². The molecule has 1 aromatic carbocycles. The molecule has 4 nitrogen and oxygen atoms in total. The Kier molecular flexibility index (Phi) is 5.05. The minimum Gasteiger partial charge on any atom is -0.385 e. The fourth-order valence-electron chi connectivity index (χ4n) is 2.82. The van der Waals surface area contributed by atoms with Crippen LogP contribution in [0.3, 0.4) is 0 Å². The largest absolute Gasteiger partial charge is 0.385 e. The van der Waals surface area contributed by atoms with Crippen molar-refractivity contribution in [3.05, 3.63) is 24.3 Å². The minimum atomic E-state index is -3.34. The molecule has 0 spiro atoms. The lowest BCUT2D eigenvalue weighted by Gasteiger charge is -2.29. The molecule has 2 atom stereocenters. The van der Waals surface area contributed by atoms with Gasteiger partial charge < -0.3 is 5.32 Å². The third-order valence-corrected chi connectivity index (χ3v) is 5.72. The van der Waals surface area contributed by atoms with E-state index in [0.29, 0.717) is 4.90 Å². The molecule has 1 aliphatic rings. The van der Waals surface area contributed by atoms with Crippen molar-refractivity contribution in [3.63, 3.8) is 0 Å². The minimum absolute atomic E-state index is 0.302. The first-order valence-electron chi connectivity index (χ1n) is 7.30. The molecule has 0 aromatic heterocycles. The number of hydrogen-bond donors (Lipinski definition) is 2. The fourth-order valence-corrected chi connectivity index (χ4v) is 3.55. The molecule has 0 radical (unpaired) electrons. The number of hydrogen-bond acceptors (Lipinski definition) is 3. The van der Waals surface area contributed by atoms with Gasteiger partial charge in [0, 0.05) is 12.2 Å². The zero-order chi connectivity index (χ0) is 14.6. The van der Waals surface area contributed by atoms with Crippen molar-refractivity contribution in [3.8, 4) is 0 Å². The van der Waals surface area contributed by atoms with Crippen molar-refractivity contribution in [2.75, 3.05) is 18.9 Å². The summed E-state index contributed by atoms with van der Waals surface area (Å²) in [5.74, 6) is 1.50. The second-order valence-corrected chi connectivity index (χ2v) is 7.52. The van der Waals surface area contributed by atoms with Crippen LogP contribution < -0.4 is 10.0 Å². The topological polar surface area (TPSA) is 58.2 Å². The van der Waals surface area contributed by atoms with Crippen LogP contribution in [0.2, 0.25) is 0 Å². The molecule has 0 saturated heterocycles. The van der Waals surface area contributed by atoms with E-state index in [1.165, 1.54) is 32.7 Å². The van der Waals surface area contributed by atoms with E-state index in [2.05, 4.69) is 17.0 Å². The van der Waals surface area contributed by atoms with Crippen LogP contribution in [-0.2, 0) is 10.0 Å². The Morgan fingerprint density at radius 2 is 1.80 bits per heavy atom. The molecule has 2 unspecified atom stereocenters. The molecule has 1 saturated carbocycles. The van der Waals surface area contributed by atoms with E-state index in [-0.39, 0.29) is 0 Å². The van der Waals surface area contributed by atoms with Gasteiger partial charge >= 0.3 is 0 Å². The van der Waals surface area contributed by atoms with Crippen LogP contribution in [-0.4, -0.2) is 22.0 Å². The normalized spacial score (nSPS) is 23.5. The van der Waals surface area contributed by atoms with E-state index in [9.17, 15) is 8.42 Å². The van der Waals surface area contributed by atoms with Crippen molar-refractivity contribution in [1.29, 1.82) is 0 Å². The van der Waals surface area contributed by atoms with Crippen molar-refractivity contribution in [1.82, 2.24) is 4.72 Å². The summed E-state index contributed by atoms with van der Waals surface area (Å²) in [6, 6.07) is 6.94. The third kappa shape index (κ3) is 3.73. The average molecular weight is 296 g/mol. The van der Waals surface area contributed by atoms with E-state index in [1.54, 1.807) is 12.1 Å². The second kappa shape index (κ2) is 6.59. The van der Waals surface area contributed by atoms with Gasteiger partial charge in [-0.15, -0.1) is 0 Å². The zero-order valence-electron chi connectivity index (χ0n) is 12.2. The third-order valence-electron chi connectivity index (χ3n) is 4.29. The van der Waals surface area contributed by atoms with Gasteiger partial charge in [0.25, 0.3) is 0 Å². The van der Waals surface area contributed by atoms with E-state index in [4.69, 9.17) is 0 Å². The van der Waals surface area contributed by atoms with Gasteiger partial charge in [-0.2, -0.15) is 0 Å². The SMILES string of the molecule is CNS(=O)(=O)c1ccc(NCC2CCCCC2C)cc1. The van der Waals surface area contributed by atoms with Crippen molar-refractivity contribution in [2.45, 2.75) is 37.5 Å². The first kappa shape index (κ1) is 15.3. The highest BCUT2D eigenvalue weighted by atomic mass is 32.2. The maximum absolute atomic E-state index is 11.6.